The molecule has 4 unspecified atom stereocenters. The second-order valence-corrected chi connectivity index (χ2v) is 25.1. The van der Waals surface area contributed by atoms with E-state index in [1.165, 1.54) is 12.2 Å². The number of nitrogens with one attached hydrogen (secondary N) is 4. The molecule has 452 valence electrons. The minimum atomic E-state index is -5.56. The lowest BCUT2D eigenvalue weighted by Crippen LogP contribution is -2.54. The predicted molar refractivity (Wildman–Crippen MR) is 288 cm³/mol. The van der Waals surface area contributed by atoms with Crippen LogP contribution in [-0.4, -0.2) is 145 Å². The fraction of sp³-hybridized carbons (Fsp3) is 0.521. The second-order valence-electron chi connectivity index (χ2n) is 19.7. The highest BCUT2D eigenvalue weighted by Gasteiger charge is 2.54. The highest BCUT2D eigenvalue weighted by molar-refractivity contribution is 8.54. The summed E-state index contributed by atoms with van der Waals surface area (Å²) in [6.45, 7) is -3.03. The van der Waals surface area contributed by atoms with Gasteiger partial charge in [0, 0.05) is 56.1 Å². The third kappa shape index (κ3) is 16.0. The van der Waals surface area contributed by atoms with Crippen molar-refractivity contribution >= 4 is 78.4 Å². The van der Waals surface area contributed by atoms with Crippen LogP contribution >= 0.6 is 26.0 Å². The lowest BCUT2D eigenvalue weighted by atomic mass is 9.97. The molecule has 30 nitrogen and oxygen atoms in total. The summed E-state index contributed by atoms with van der Waals surface area (Å²) in [4.78, 5) is 129. The van der Waals surface area contributed by atoms with E-state index in [-0.39, 0.29) is 67.7 Å². The molecule has 35 heteroatoms. The fourth-order valence-electron chi connectivity index (χ4n) is 9.28. The molecule has 4 aliphatic heterocycles. The van der Waals surface area contributed by atoms with Gasteiger partial charge in [-0.2, -0.15) is 0 Å². The molecule has 3 fully saturated rings. The number of carbonyl (C=O) groups is 6. The molecule has 3 aromatic heterocycles. The van der Waals surface area contributed by atoms with E-state index in [0.29, 0.717) is 46.3 Å². The number of phosphoric ester groups is 1. The highest BCUT2D eigenvalue weighted by atomic mass is 32.7. The lowest BCUT2D eigenvalue weighted by Gasteiger charge is -2.32. The number of imide groups is 1. The van der Waals surface area contributed by atoms with Crippen molar-refractivity contribution in [3.63, 3.8) is 0 Å². The number of ketones is 1. The van der Waals surface area contributed by atoms with Crippen LogP contribution in [0.3, 0.4) is 0 Å². The zero-order chi connectivity index (χ0) is 59.0. The number of ether oxygens (including phenoxy) is 2. The van der Waals surface area contributed by atoms with Gasteiger partial charge in [-0.05, 0) is 54.1 Å². The molecule has 8 rings (SSSR count). The molecule has 83 heavy (non-hydrogen) atoms. The number of nitrogen functional groups attached to an aromatic ring is 1. The number of Topliss-reactive ketones (excluding diaryl/α,β-unsaturated/α-hetero) is 1. The second kappa shape index (κ2) is 27.8. The first-order chi connectivity index (χ1) is 39.0. The molecule has 0 spiro atoms. The van der Waals surface area contributed by atoms with Crippen LogP contribution in [0.4, 0.5) is 19.4 Å². The standard InChI is InChI=1S/C48H60F2N12O17P2S.H3N/c1-25(2)38(58-32(64)8-4-3-5-17-60-34(66)13-14-35(60)67)44(68)57-28(7-6-16-53-47(52)69)29(63)19-26-9-11-27(12-10-26)22-82-81(73)75-21-31-40(36(49)46(77-31)62-24-56-39-42(51)54-23-55-43(39)62)78-80(71,72)74-20-30-41(79-81)37(50)45(76-30)61-18-15-33(65)59-48(61)70;/h9-15,18,23-25,28,30-31,36-38,40-41,45-46H,3-8,16-17,19-22H2,1-2H3,(H,57,68)(H,58,64)(H,71,72)(H2,51,54,55)(H3,52,53,69)(H,59,65,70);1H3/t28?,30-,31-,36-,37-,38?,40-,41-,45-,46-,81?;/m1./s1. The number of primary amides is 1. The first kappa shape index (κ1) is 63.9. The molecule has 1 aromatic carbocycles. The number of alkyl halides is 2. The van der Waals surface area contributed by atoms with Crippen LogP contribution in [0, 0.1) is 5.92 Å². The summed E-state index contributed by atoms with van der Waals surface area (Å²) in [5.41, 5.74) is 10.2. The molecule has 4 aromatic rings. The van der Waals surface area contributed by atoms with E-state index >= 15 is 13.3 Å². The van der Waals surface area contributed by atoms with Crippen LogP contribution < -0.4 is 49.7 Å². The van der Waals surface area contributed by atoms with Gasteiger partial charge in [-0.1, -0.05) is 44.5 Å². The van der Waals surface area contributed by atoms with Crippen molar-refractivity contribution in [2.24, 2.45) is 11.7 Å². The van der Waals surface area contributed by atoms with Crippen molar-refractivity contribution in [1.29, 1.82) is 0 Å². The number of fused-ring (bicyclic) bond motifs is 3. The van der Waals surface area contributed by atoms with Gasteiger partial charge < -0.3 is 57.0 Å². The topological polar surface area (TPSA) is 441 Å². The van der Waals surface area contributed by atoms with E-state index in [1.54, 1.807) is 38.1 Å². The van der Waals surface area contributed by atoms with Crippen LogP contribution in [0.25, 0.3) is 11.2 Å². The summed E-state index contributed by atoms with van der Waals surface area (Å²) in [7, 11) is -5.56. The average molecular weight is 1230 g/mol. The normalized spacial score (nSPS) is 27.0. The number of hydrogen-bond acceptors (Lipinski definition) is 22. The van der Waals surface area contributed by atoms with Crippen molar-refractivity contribution in [2.45, 2.75) is 126 Å². The molecule has 0 saturated carbocycles. The van der Waals surface area contributed by atoms with Crippen LogP contribution in [-0.2, 0) is 72.8 Å². The summed E-state index contributed by atoms with van der Waals surface area (Å²) >= 11 is 0.528. The third-order valence-corrected chi connectivity index (χ3v) is 18.2. The Labute approximate surface area is 474 Å². The number of rotatable bonds is 22. The Hall–Kier alpha value is -6.64. The zero-order valence-electron chi connectivity index (χ0n) is 44.9. The molecule has 6 amide bonds. The number of nitrogens with zero attached hydrogens (tertiary/aromatic N) is 6. The van der Waals surface area contributed by atoms with Gasteiger partial charge in [0.15, 0.2) is 42.0 Å². The first-order valence-corrected chi connectivity index (χ1v) is 30.4. The van der Waals surface area contributed by atoms with E-state index in [4.69, 9.17) is 39.0 Å². The number of H-pyrrole nitrogens is 1. The molecular formula is C48H63F2N13O17P2S. The van der Waals surface area contributed by atoms with Crippen LogP contribution in [0.15, 0.2) is 70.9 Å². The van der Waals surface area contributed by atoms with E-state index in [2.05, 4.69) is 30.9 Å². The molecule has 7 heterocycles. The smallest absolute Gasteiger partial charge is 0.389 e. The van der Waals surface area contributed by atoms with Gasteiger partial charge in [0.05, 0.1) is 25.6 Å². The number of halogens is 2. The number of aromatic amines is 1. The maximum Gasteiger partial charge on any atom is 0.389 e. The lowest BCUT2D eigenvalue weighted by molar-refractivity contribution is -0.235. The van der Waals surface area contributed by atoms with Crippen LogP contribution in [0.1, 0.15) is 76.0 Å². The number of urea groups is 1. The first-order valence-electron chi connectivity index (χ1n) is 25.8. The number of carbonyl (C=O) groups excluding carboxylic acids is 6. The zero-order valence-corrected chi connectivity index (χ0v) is 47.6. The van der Waals surface area contributed by atoms with Gasteiger partial charge in [-0.15, -0.1) is 0 Å². The van der Waals surface area contributed by atoms with Crippen molar-refractivity contribution in [3.8, 4) is 0 Å². The van der Waals surface area contributed by atoms with E-state index < -0.39 is 142 Å². The third-order valence-electron chi connectivity index (χ3n) is 13.5. The number of quaternary nitrogens is 1. The van der Waals surface area contributed by atoms with Gasteiger partial charge >= 0.3 is 18.5 Å². The molecule has 3 saturated heterocycles. The number of aromatic nitrogens is 6. The van der Waals surface area contributed by atoms with Gasteiger partial charge in [-0.3, -0.25) is 61.4 Å². The summed E-state index contributed by atoms with van der Waals surface area (Å²) in [5, 5.41) is 7.94. The Balaban J connectivity index is 0.00000990. The summed E-state index contributed by atoms with van der Waals surface area (Å²) in [5.74, 6) is -2.96. The molecule has 12 N–H and O–H groups in total. The number of benzene rings is 1. The Morgan fingerprint density at radius 1 is 0.855 bits per heavy atom. The largest absolute Gasteiger partial charge is 0.756 e. The van der Waals surface area contributed by atoms with Crippen molar-refractivity contribution in [2.75, 3.05) is 32.0 Å². The fourth-order valence-corrected chi connectivity index (χ4v) is 13.6. The molecule has 12 atom stereocenters. The molecule has 0 aliphatic carbocycles. The number of imidazole rings is 1. The predicted octanol–water partition coefficient (Wildman–Crippen LogP) is 1.80. The maximum atomic E-state index is 16.7. The molecule has 4 aliphatic rings. The number of nitrogens with two attached hydrogens (primary N) is 2. The molecular weight excluding hydrogens is 1160 g/mol. The highest BCUT2D eigenvalue weighted by Crippen LogP contribution is 2.64. The van der Waals surface area contributed by atoms with Crippen molar-refractivity contribution < 1.29 is 79.1 Å². The SMILES string of the molecule is CC(C)C(NC(=O)CCCCCN1C(=O)C=CC1=O)C(=O)NC(CCCNC(N)=O)C(=O)Cc1ccc(CSP2(=O)OC[C@H]3O[C@@H](n4cnc5c(N)ncnc54)[C@H](F)[C@@H]3OP(=O)([O-])OC[C@H]3O[C@@H](n4ccc(=O)[nH]c4=O)[C@H](F)[C@@H]3O2)cc1.[NH4+]. The summed E-state index contributed by atoms with van der Waals surface area (Å²) < 4.78 is 97.2. The van der Waals surface area contributed by atoms with Gasteiger partial charge in [0.2, 0.25) is 11.8 Å². The van der Waals surface area contributed by atoms with Crippen molar-refractivity contribution in [1.82, 2.24) is 56.1 Å². The number of unbranched alkanes of at least 4 members (excludes halogenated alkanes) is 2. The van der Waals surface area contributed by atoms with Gasteiger partial charge in [-0.25, -0.2) is 37.9 Å². The summed E-state index contributed by atoms with van der Waals surface area (Å²) in [6.07, 6.45) is -8.73. The Morgan fingerprint density at radius 3 is 2.17 bits per heavy atom. The summed E-state index contributed by atoms with van der Waals surface area (Å²) in [6, 6.07) is 4.26. The monoisotopic (exact) mass is 1230 g/mol. The molecule has 0 bridgehead atoms. The average Bonchev–Trinajstić information content (AvgIpc) is 4.29. The molecule has 0 radical (unpaired) electrons. The Bertz CT molecular complexity index is 3270. The number of amides is 6. The number of phosphoric acid groups is 1. The van der Waals surface area contributed by atoms with Crippen LogP contribution in [0.5, 0.6) is 0 Å². The van der Waals surface area contributed by atoms with E-state index in [1.807, 2.05) is 4.98 Å². The van der Waals surface area contributed by atoms with Gasteiger partial charge in [0.25, 0.3) is 25.2 Å². The van der Waals surface area contributed by atoms with E-state index in [0.717, 1.165) is 34.4 Å². The van der Waals surface area contributed by atoms with Gasteiger partial charge in [0.1, 0.15) is 42.3 Å². The Morgan fingerprint density at radius 2 is 1.51 bits per heavy atom. The van der Waals surface area contributed by atoms with E-state index in [9.17, 15) is 47.8 Å². The quantitative estimate of drug-likeness (QED) is 0.0335. The maximum absolute atomic E-state index is 16.7. The minimum absolute atomic E-state index is 0. The Kier molecular flexibility index (Phi) is 21.4. The van der Waals surface area contributed by atoms with Crippen LogP contribution in [0.2, 0.25) is 0 Å². The number of hydrogen-bond donors (Lipinski definition) is 7. The number of anilines is 1. The van der Waals surface area contributed by atoms with Crippen molar-refractivity contribution in [3.05, 3.63) is 93.3 Å². The minimum Gasteiger partial charge on any atom is -0.756 e.